The van der Waals surface area contributed by atoms with Gasteiger partial charge in [0.05, 0.1) is 19.3 Å². The molecule has 7 heteroatoms. The van der Waals surface area contributed by atoms with E-state index in [4.69, 9.17) is 9.47 Å². The Morgan fingerprint density at radius 1 is 1.07 bits per heavy atom. The summed E-state index contributed by atoms with van der Waals surface area (Å²) in [5, 5.41) is 0. The van der Waals surface area contributed by atoms with Crippen LogP contribution >= 0.6 is 0 Å². The number of esters is 1. The van der Waals surface area contributed by atoms with E-state index in [0.29, 0.717) is 6.42 Å². The quantitative estimate of drug-likeness (QED) is 0.733. The normalized spacial score (nSPS) is 11.9. The standard InChI is InChI=1S/C20H25NO5S/c1-20(2,3)21-27(23,24)18-14-16(10-11-17(18)25-4)19(22)26-13-12-15-8-6-5-7-9-15/h5-11,14,21H,12-13H2,1-4H3. The molecule has 0 aliphatic carbocycles. The first-order valence-electron chi connectivity index (χ1n) is 8.55. The average Bonchev–Trinajstić information content (AvgIpc) is 2.60. The van der Waals surface area contributed by atoms with Gasteiger partial charge in [0.25, 0.3) is 0 Å². The number of hydrogen-bond acceptors (Lipinski definition) is 5. The van der Waals surface area contributed by atoms with Crippen LogP contribution in [0.25, 0.3) is 0 Å². The summed E-state index contributed by atoms with van der Waals surface area (Å²) in [6.45, 7) is 5.41. The maximum Gasteiger partial charge on any atom is 0.338 e. The molecule has 0 radical (unpaired) electrons. The Kier molecular flexibility index (Phi) is 6.62. The summed E-state index contributed by atoms with van der Waals surface area (Å²) < 4.78 is 38.3. The molecular weight excluding hydrogens is 366 g/mol. The Morgan fingerprint density at radius 2 is 1.74 bits per heavy atom. The molecule has 0 aromatic heterocycles. The van der Waals surface area contributed by atoms with Gasteiger partial charge in [-0.3, -0.25) is 0 Å². The van der Waals surface area contributed by atoms with Crippen molar-refractivity contribution in [3.8, 4) is 5.75 Å². The summed E-state index contributed by atoms with van der Waals surface area (Å²) in [5.74, 6) is -0.423. The van der Waals surface area contributed by atoms with Crippen molar-refractivity contribution < 1.29 is 22.7 Å². The van der Waals surface area contributed by atoms with Crippen molar-refractivity contribution in [2.24, 2.45) is 0 Å². The van der Waals surface area contributed by atoms with E-state index in [2.05, 4.69) is 4.72 Å². The third-order valence-corrected chi connectivity index (χ3v) is 5.38. The van der Waals surface area contributed by atoms with Crippen LogP contribution in [0.5, 0.6) is 5.75 Å². The molecule has 0 saturated heterocycles. The molecule has 0 bridgehead atoms. The molecule has 0 aliphatic rings. The summed E-state index contributed by atoms with van der Waals surface area (Å²) in [7, 11) is -2.48. The number of nitrogens with one attached hydrogen (secondary N) is 1. The highest BCUT2D eigenvalue weighted by Crippen LogP contribution is 2.26. The highest BCUT2D eigenvalue weighted by atomic mass is 32.2. The van der Waals surface area contributed by atoms with Gasteiger partial charge in [-0.2, -0.15) is 0 Å². The van der Waals surface area contributed by atoms with E-state index >= 15 is 0 Å². The van der Waals surface area contributed by atoms with Gasteiger partial charge in [-0.05, 0) is 44.5 Å². The van der Waals surface area contributed by atoms with Gasteiger partial charge in [-0.1, -0.05) is 30.3 Å². The topological polar surface area (TPSA) is 81.7 Å². The van der Waals surface area contributed by atoms with Crippen molar-refractivity contribution in [1.29, 1.82) is 0 Å². The fourth-order valence-corrected chi connectivity index (χ4v) is 4.08. The van der Waals surface area contributed by atoms with Gasteiger partial charge in [0, 0.05) is 12.0 Å². The number of methoxy groups -OCH3 is 1. The predicted octanol–water partition coefficient (Wildman–Crippen LogP) is 3.17. The molecule has 0 fully saturated rings. The Balaban J connectivity index is 2.17. The minimum absolute atomic E-state index is 0.0996. The lowest BCUT2D eigenvalue weighted by Gasteiger charge is -2.21. The lowest BCUT2D eigenvalue weighted by molar-refractivity contribution is 0.0509. The monoisotopic (exact) mass is 391 g/mol. The fourth-order valence-electron chi connectivity index (χ4n) is 2.46. The van der Waals surface area contributed by atoms with E-state index in [1.807, 2.05) is 30.3 Å². The van der Waals surface area contributed by atoms with Crippen LogP contribution in [0.1, 0.15) is 36.7 Å². The maximum atomic E-state index is 12.7. The Morgan fingerprint density at radius 3 is 2.33 bits per heavy atom. The molecular formula is C20H25NO5S. The van der Waals surface area contributed by atoms with Crippen molar-refractivity contribution in [2.45, 2.75) is 37.6 Å². The van der Waals surface area contributed by atoms with Gasteiger partial charge in [0.2, 0.25) is 10.0 Å². The van der Waals surface area contributed by atoms with Gasteiger partial charge in [0.15, 0.2) is 0 Å². The number of sulfonamides is 1. The van der Waals surface area contributed by atoms with Crippen LogP contribution in [-0.4, -0.2) is 33.6 Å². The molecule has 2 aromatic rings. The molecule has 2 aromatic carbocycles. The van der Waals surface area contributed by atoms with Crippen LogP contribution in [0.4, 0.5) is 0 Å². The summed E-state index contributed by atoms with van der Waals surface area (Å²) >= 11 is 0. The van der Waals surface area contributed by atoms with Crippen LogP contribution in [0, 0.1) is 0 Å². The lowest BCUT2D eigenvalue weighted by atomic mass is 10.1. The van der Waals surface area contributed by atoms with E-state index in [9.17, 15) is 13.2 Å². The number of carbonyl (C=O) groups is 1. The number of ether oxygens (including phenoxy) is 2. The summed E-state index contributed by atoms with van der Waals surface area (Å²) in [6, 6.07) is 13.9. The first kappa shape index (κ1) is 20.9. The second-order valence-electron chi connectivity index (χ2n) is 7.09. The molecule has 6 nitrogen and oxygen atoms in total. The highest BCUT2D eigenvalue weighted by Gasteiger charge is 2.26. The minimum atomic E-state index is -3.86. The molecule has 2 rings (SSSR count). The van der Waals surface area contributed by atoms with Crippen molar-refractivity contribution in [3.63, 3.8) is 0 Å². The third-order valence-electron chi connectivity index (χ3n) is 3.60. The largest absolute Gasteiger partial charge is 0.495 e. The van der Waals surface area contributed by atoms with Gasteiger partial charge in [-0.25, -0.2) is 17.9 Å². The van der Waals surface area contributed by atoms with E-state index in [0.717, 1.165) is 5.56 Å². The van der Waals surface area contributed by atoms with Gasteiger partial charge >= 0.3 is 5.97 Å². The first-order valence-corrected chi connectivity index (χ1v) is 10.0. The molecule has 0 spiro atoms. The molecule has 1 N–H and O–H groups in total. The van der Waals surface area contributed by atoms with E-state index in [1.165, 1.54) is 25.3 Å². The predicted molar refractivity (Wildman–Crippen MR) is 103 cm³/mol. The molecule has 0 unspecified atom stereocenters. The number of carbonyl (C=O) groups excluding carboxylic acids is 1. The van der Waals surface area contributed by atoms with E-state index < -0.39 is 21.5 Å². The summed E-state index contributed by atoms with van der Waals surface area (Å²) in [4.78, 5) is 12.2. The van der Waals surface area contributed by atoms with Crippen LogP contribution < -0.4 is 9.46 Å². The second-order valence-corrected chi connectivity index (χ2v) is 8.74. The van der Waals surface area contributed by atoms with Crippen molar-refractivity contribution in [2.75, 3.05) is 13.7 Å². The molecule has 0 aliphatic heterocycles. The van der Waals surface area contributed by atoms with E-state index in [-0.39, 0.29) is 22.8 Å². The van der Waals surface area contributed by atoms with Gasteiger partial charge in [-0.15, -0.1) is 0 Å². The first-order chi connectivity index (χ1) is 12.6. The zero-order valence-corrected chi connectivity index (χ0v) is 16.8. The Hall–Kier alpha value is -2.38. The molecule has 0 atom stereocenters. The van der Waals surface area contributed by atoms with Crippen LogP contribution in [-0.2, 0) is 21.2 Å². The number of benzene rings is 2. The molecule has 0 saturated carbocycles. The molecule has 146 valence electrons. The summed E-state index contributed by atoms with van der Waals surface area (Å²) in [6.07, 6.45) is 0.583. The van der Waals surface area contributed by atoms with Crippen molar-refractivity contribution >= 4 is 16.0 Å². The van der Waals surface area contributed by atoms with Crippen molar-refractivity contribution in [3.05, 3.63) is 59.7 Å². The van der Waals surface area contributed by atoms with Gasteiger partial charge in [0.1, 0.15) is 10.6 Å². The minimum Gasteiger partial charge on any atom is -0.495 e. The smallest absolute Gasteiger partial charge is 0.338 e. The number of hydrogen-bond donors (Lipinski definition) is 1. The van der Waals surface area contributed by atoms with Gasteiger partial charge < -0.3 is 9.47 Å². The number of rotatable bonds is 7. The van der Waals surface area contributed by atoms with Crippen molar-refractivity contribution in [1.82, 2.24) is 4.72 Å². The lowest BCUT2D eigenvalue weighted by Crippen LogP contribution is -2.40. The maximum absolute atomic E-state index is 12.7. The Labute approximate surface area is 160 Å². The Bertz CT molecular complexity index is 886. The van der Waals surface area contributed by atoms with Crippen LogP contribution in [0.15, 0.2) is 53.4 Å². The summed E-state index contributed by atoms with van der Waals surface area (Å²) in [5.41, 5.74) is 0.534. The molecule has 0 heterocycles. The SMILES string of the molecule is COc1ccc(C(=O)OCCc2ccccc2)cc1S(=O)(=O)NC(C)(C)C. The zero-order chi connectivity index (χ0) is 20.1. The third kappa shape index (κ3) is 6.08. The van der Waals surface area contributed by atoms with Crippen LogP contribution in [0.2, 0.25) is 0 Å². The second kappa shape index (κ2) is 8.54. The molecule has 0 amide bonds. The highest BCUT2D eigenvalue weighted by molar-refractivity contribution is 7.89. The van der Waals surface area contributed by atoms with E-state index in [1.54, 1.807) is 20.8 Å². The average molecular weight is 391 g/mol. The molecule has 27 heavy (non-hydrogen) atoms. The zero-order valence-electron chi connectivity index (χ0n) is 16.0. The fraction of sp³-hybridized carbons (Fsp3) is 0.350. The van der Waals surface area contributed by atoms with Crippen LogP contribution in [0.3, 0.4) is 0 Å².